The Labute approximate surface area is 184 Å². The number of anilines is 3. The number of rotatable bonds is 8. The molecule has 0 saturated carbocycles. The Morgan fingerprint density at radius 2 is 1.94 bits per heavy atom. The predicted octanol–water partition coefficient (Wildman–Crippen LogP) is 2.91. The monoisotopic (exact) mass is 440 g/mol. The van der Waals surface area contributed by atoms with E-state index in [9.17, 15) is 9.18 Å². The van der Waals surface area contributed by atoms with Crippen LogP contribution in [0.25, 0.3) is 0 Å². The van der Waals surface area contributed by atoms with Crippen molar-refractivity contribution in [3.05, 3.63) is 53.8 Å². The first-order valence-electron chi connectivity index (χ1n) is 10.4. The third-order valence-electron chi connectivity index (χ3n) is 5.21. The van der Waals surface area contributed by atoms with Gasteiger partial charge in [0.15, 0.2) is 11.6 Å². The van der Waals surface area contributed by atoms with Gasteiger partial charge in [-0.15, -0.1) is 5.10 Å². The van der Waals surface area contributed by atoms with Gasteiger partial charge in [0.2, 0.25) is 11.9 Å². The Morgan fingerprint density at radius 1 is 1.19 bits per heavy atom. The number of methoxy groups -OCH3 is 1. The summed E-state index contributed by atoms with van der Waals surface area (Å²) in [6.45, 7) is 3.85. The molecule has 168 valence electrons. The van der Waals surface area contributed by atoms with Gasteiger partial charge in [-0.25, -0.2) is 4.39 Å². The molecule has 0 bridgehead atoms. The number of carbonyl (C=O) groups excluding carboxylic acids is 1. The van der Waals surface area contributed by atoms with E-state index in [-0.39, 0.29) is 23.2 Å². The standard InChI is InChI=1S/C22H25FN6O3/c1-31-19-9-4-15(14-18(19)23)20(30)29-21(24)26-22(27-29)25-16-5-7-17(8-6-16)32-13-12-28-10-2-3-11-28/h4-9,14H,2-3,10-13H2,1H3,(H3,24,25,26,27). The fourth-order valence-electron chi connectivity index (χ4n) is 3.51. The molecule has 0 atom stereocenters. The van der Waals surface area contributed by atoms with E-state index in [1.807, 2.05) is 24.3 Å². The largest absolute Gasteiger partial charge is 0.494 e. The van der Waals surface area contributed by atoms with E-state index >= 15 is 0 Å². The molecule has 9 nitrogen and oxygen atoms in total. The second-order valence-electron chi connectivity index (χ2n) is 7.41. The second-order valence-corrected chi connectivity index (χ2v) is 7.41. The first-order chi connectivity index (χ1) is 15.5. The van der Waals surface area contributed by atoms with Crippen LogP contribution in [0.3, 0.4) is 0 Å². The summed E-state index contributed by atoms with van der Waals surface area (Å²) in [6.07, 6.45) is 2.52. The Balaban J connectivity index is 1.37. The second kappa shape index (κ2) is 9.65. The van der Waals surface area contributed by atoms with Crippen LogP contribution in [0.5, 0.6) is 11.5 Å². The highest BCUT2D eigenvalue weighted by atomic mass is 19.1. The van der Waals surface area contributed by atoms with Gasteiger partial charge in [0, 0.05) is 17.8 Å². The Morgan fingerprint density at radius 3 is 2.62 bits per heavy atom. The van der Waals surface area contributed by atoms with Gasteiger partial charge in [-0.1, -0.05) is 0 Å². The molecule has 4 rings (SSSR count). The number of halogens is 1. The number of nitrogen functional groups attached to an aromatic ring is 1. The minimum Gasteiger partial charge on any atom is -0.494 e. The highest BCUT2D eigenvalue weighted by Gasteiger charge is 2.18. The number of nitrogens with zero attached hydrogens (tertiary/aromatic N) is 4. The van der Waals surface area contributed by atoms with Crippen molar-refractivity contribution >= 4 is 23.5 Å². The van der Waals surface area contributed by atoms with Gasteiger partial charge in [-0.2, -0.15) is 9.67 Å². The maximum absolute atomic E-state index is 13.9. The molecule has 2 heterocycles. The van der Waals surface area contributed by atoms with E-state index in [1.165, 1.54) is 32.1 Å². The van der Waals surface area contributed by atoms with Gasteiger partial charge in [0.1, 0.15) is 12.4 Å². The van der Waals surface area contributed by atoms with Gasteiger partial charge in [0.05, 0.1) is 7.11 Å². The third-order valence-corrected chi connectivity index (χ3v) is 5.21. The van der Waals surface area contributed by atoms with E-state index in [1.54, 1.807) is 0 Å². The molecule has 1 aromatic heterocycles. The first kappa shape index (κ1) is 21.6. The molecule has 0 amide bonds. The summed E-state index contributed by atoms with van der Waals surface area (Å²) < 4.78 is 25.5. The molecule has 1 saturated heterocycles. The lowest BCUT2D eigenvalue weighted by atomic mass is 10.2. The van der Waals surface area contributed by atoms with Crippen molar-refractivity contribution < 1.29 is 18.7 Å². The van der Waals surface area contributed by atoms with Gasteiger partial charge in [-0.3, -0.25) is 9.69 Å². The SMILES string of the molecule is COc1ccc(C(=O)n2nc(Nc3ccc(OCCN4CCCC4)cc3)nc2N)cc1F. The van der Waals surface area contributed by atoms with Gasteiger partial charge in [-0.05, 0) is 68.4 Å². The lowest BCUT2D eigenvalue weighted by Gasteiger charge is -2.15. The Kier molecular flexibility index (Phi) is 6.50. The normalized spacial score (nSPS) is 13.8. The van der Waals surface area contributed by atoms with Crippen molar-refractivity contribution in [2.75, 3.05) is 44.4 Å². The van der Waals surface area contributed by atoms with Crippen LogP contribution in [0.1, 0.15) is 23.2 Å². The highest BCUT2D eigenvalue weighted by molar-refractivity contribution is 5.97. The molecule has 3 N–H and O–H groups in total. The molecule has 2 aromatic carbocycles. The van der Waals surface area contributed by atoms with Crippen LogP contribution < -0.4 is 20.5 Å². The molecule has 0 radical (unpaired) electrons. The van der Waals surface area contributed by atoms with Crippen molar-refractivity contribution in [3.63, 3.8) is 0 Å². The highest BCUT2D eigenvalue weighted by Crippen LogP contribution is 2.21. The van der Waals surface area contributed by atoms with E-state index in [4.69, 9.17) is 15.2 Å². The summed E-state index contributed by atoms with van der Waals surface area (Å²) >= 11 is 0. The number of ether oxygens (including phenoxy) is 2. The number of benzene rings is 2. The van der Waals surface area contributed by atoms with Crippen molar-refractivity contribution in [1.29, 1.82) is 0 Å². The summed E-state index contributed by atoms with van der Waals surface area (Å²) in [5, 5.41) is 7.10. The summed E-state index contributed by atoms with van der Waals surface area (Å²) in [4.78, 5) is 19.1. The number of nitrogens with one attached hydrogen (secondary N) is 1. The fraction of sp³-hybridized carbons (Fsp3) is 0.318. The van der Waals surface area contributed by atoms with Crippen LogP contribution in [-0.2, 0) is 0 Å². The van der Waals surface area contributed by atoms with Crippen molar-refractivity contribution in [3.8, 4) is 11.5 Å². The molecule has 3 aromatic rings. The van der Waals surface area contributed by atoms with Crippen LogP contribution in [0.15, 0.2) is 42.5 Å². The van der Waals surface area contributed by atoms with Crippen molar-refractivity contribution in [2.45, 2.75) is 12.8 Å². The number of hydrogen-bond acceptors (Lipinski definition) is 8. The number of hydrogen-bond donors (Lipinski definition) is 2. The molecule has 10 heteroatoms. The number of nitrogens with two attached hydrogens (primary N) is 1. The molecule has 1 aliphatic heterocycles. The number of likely N-dealkylation sites (tertiary alicyclic amines) is 1. The smallest absolute Gasteiger partial charge is 0.281 e. The van der Waals surface area contributed by atoms with E-state index in [2.05, 4.69) is 20.3 Å². The van der Waals surface area contributed by atoms with Gasteiger partial charge in [0.25, 0.3) is 5.91 Å². The lowest BCUT2D eigenvalue weighted by molar-refractivity contribution is 0.0947. The van der Waals surface area contributed by atoms with E-state index in [0.717, 1.165) is 36.1 Å². The van der Waals surface area contributed by atoms with Crippen molar-refractivity contribution in [1.82, 2.24) is 19.7 Å². The third kappa shape index (κ3) is 4.97. The topological polar surface area (TPSA) is 108 Å². The van der Waals surface area contributed by atoms with Crippen LogP contribution in [0.4, 0.5) is 22.0 Å². The zero-order valence-corrected chi connectivity index (χ0v) is 17.8. The average Bonchev–Trinajstić information content (AvgIpc) is 3.44. The number of carbonyl (C=O) groups is 1. The summed E-state index contributed by atoms with van der Waals surface area (Å²) in [5.74, 6) is -0.420. The Bertz CT molecular complexity index is 1080. The van der Waals surface area contributed by atoms with E-state index < -0.39 is 11.7 Å². The van der Waals surface area contributed by atoms with E-state index in [0.29, 0.717) is 12.3 Å². The Hall–Kier alpha value is -3.66. The fourth-order valence-corrected chi connectivity index (χ4v) is 3.51. The molecule has 1 aliphatic rings. The lowest BCUT2D eigenvalue weighted by Crippen LogP contribution is -2.25. The minimum atomic E-state index is -0.655. The first-order valence-corrected chi connectivity index (χ1v) is 10.4. The average molecular weight is 440 g/mol. The maximum atomic E-state index is 13.9. The molecule has 32 heavy (non-hydrogen) atoms. The maximum Gasteiger partial charge on any atom is 0.281 e. The zero-order chi connectivity index (χ0) is 22.5. The van der Waals surface area contributed by atoms with Crippen LogP contribution in [-0.4, -0.2) is 58.9 Å². The number of aromatic nitrogens is 3. The quantitative estimate of drug-likeness (QED) is 0.551. The van der Waals surface area contributed by atoms with Crippen LogP contribution in [0, 0.1) is 5.82 Å². The van der Waals surface area contributed by atoms with Crippen molar-refractivity contribution in [2.24, 2.45) is 0 Å². The molecule has 0 aliphatic carbocycles. The summed E-state index contributed by atoms with van der Waals surface area (Å²) in [7, 11) is 1.35. The van der Waals surface area contributed by atoms with Gasteiger partial charge >= 0.3 is 0 Å². The molecular weight excluding hydrogens is 415 g/mol. The summed E-state index contributed by atoms with van der Waals surface area (Å²) in [6, 6.07) is 11.2. The zero-order valence-electron chi connectivity index (χ0n) is 17.8. The molecule has 0 unspecified atom stereocenters. The predicted molar refractivity (Wildman–Crippen MR) is 118 cm³/mol. The van der Waals surface area contributed by atoms with Gasteiger partial charge < -0.3 is 20.5 Å². The molecule has 1 fully saturated rings. The van der Waals surface area contributed by atoms with Crippen LogP contribution in [0.2, 0.25) is 0 Å². The summed E-state index contributed by atoms with van der Waals surface area (Å²) in [5.41, 5.74) is 6.62. The molecular formula is C22H25FN6O3. The minimum absolute atomic E-state index is 0.0407. The molecule has 0 spiro atoms. The van der Waals surface area contributed by atoms with Crippen LogP contribution >= 0.6 is 0 Å².